The highest BCUT2D eigenvalue weighted by molar-refractivity contribution is 5.96. The largest absolute Gasteiger partial charge is 0.479 e. The molecule has 0 fully saturated rings. The van der Waals surface area contributed by atoms with Crippen molar-refractivity contribution in [3.05, 3.63) is 76.5 Å². The molecule has 0 amide bonds. The van der Waals surface area contributed by atoms with Gasteiger partial charge in [0.15, 0.2) is 18.0 Å². The second kappa shape index (κ2) is 12.9. The Morgan fingerprint density at radius 2 is 1.61 bits per heavy atom. The van der Waals surface area contributed by atoms with Crippen molar-refractivity contribution >= 4 is 34.5 Å². The smallest absolute Gasteiger partial charge is 0.335 e. The molecule has 2 unspecified atom stereocenters. The standard InChI is InChI=1S/C22H22FN3O2.C4H6O6/c23-17-9-7-16(8-10-17)21(27)6-3-13-25-14-11-18(12-15-25)26-20-5-2-1-4-19(20)24-22(26)28;5-1(3(7)8)2(6)4(9)10/h1-2,4-5,7-11H,3,6,12-15H2,(H,24,28);1-2,5-6H,(H,7,8)(H,9,10). The van der Waals surface area contributed by atoms with Gasteiger partial charge in [-0.25, -0.2) is 18.8 Å². The second-order valence-electron chi connectivity index (χ2n) is 8.63. The molecule has 12 heteroatoms. The monoisotopic (exact) mass is 529 g/mol. The zero-order chi connectivity index (χ0) is 27.8. The Morgan fingerprint density at radius 1 is 0.974 bits per heavy atom. The van der Waals surface area contributed by atoms with Crippen molar-refractivity contribution in [2.75, 3.05) is 19.6 Å². The van der Waals surface area contributed by atoms with Gasteiger partial charge in [0.2, 0.25) is 0 Å². The van der Waals surface area contributed by atoms with Crippen LogP contribution in [-0.4, -0.2) is 84.4 Å². The Hall–Kier alpha value is -4.13. The average molecular weight is 530 g/mol. The molecule has 0 aliphatic carbocycles. The van der Waals surface area contributed by atoms with Gasteiger partial charge in [-0.05, 0) is 49.4 Å². The Bertz CT molecular complexity index is 1360. The lowest BCUT2D eigenvalue weighted by atomic mass is 10.1. The van der Waals surface area contributed by atoms with E-state index in [1.807, 2.05) is 24.3 Å². The van der Waals surface area contributed by atoms with Crippen LogP contribution in [0.1, 0.15) is 29.6 Å². The zero-order valence-electron chi connectivity index (χ0n) is 20.3. The van der Waals surface area contributed by atoms with Crippen LogP contribution in [0, 0.1) is 5.82 Å². The number of carbonyl (C=O) groups is 3. The number of imidazole rings is 1. The highest BCUT2D eigenvalue weighted by Gasteiger charge is 2.29. The lowest BCUT2D eigenvalue weighted by molar-refractivity contribution is -0.165. The van der Waals surface area contributed by atoms with Crippen LogP contribution in [0.25, 0.3) is 16.7 Å². The summed E-state index contributed by atoms with van der Waals surface area (Å²) >= 11 is 0. The number of para-hydroxylation sites is 2. The van der Waals surface area contributed by atoms with Crippen LogP contribution in [0.5, 0.6) is 0 Å². The van der Waals surface area contributed by atoms with Crippen molar-refractivity contribution in [1.29, 1.82) is 0 Å². The summed E-state index contributed by atoms with van der Waals surface area (Å²) in [7, 11) is 0. The maximum atomic E-state index is 12.9. The Balaban J connectivity index is 0.000000342. The summed E-state index contributed by atoms with van der Waals surface area (Å²) in [4.78, 5) is 49.2. The molecule has 5 N–H and O–H groups in total. The first-order valence-electron chi connectivity index (χ1n) is 11.8. The van der Waals surface area contributed by atoms with E-state index in [9.17, 15) is 23.6 Å². The molecule has 202 valence electrons. The molecule has 3 aromatic rings. The normalized spacial score (nSPS) is 15.2. The minimum absolute atomic E-state index is 0.0404. The van der Waals surface area contributed by atoms with Crippen LogP contribution >= 0.6 is 0 Å². The van der Waals surface area contributed by atoms with Crippen molar-refractivity contribution < 1.29 is 39.2 Å². The predicted molar refractivity (Wildman–Crippen MR) is 135 cm³/mol. The number of aromatic nitrogens is 2. The summed E-state index contributed by atoms with van der Waals surface area (Å²) < 4.78 is 14.7. The first-order chi connectivity index (χ1) is 18.1. The maximum absolute atomic E-state index is 12.9. The average Bonchev–Trinajstić information content (AvgIpc) is 3.24. The van der Waals surface area contributed by atoms with E-state index in [1.54, 1.807) is 4.57 Å². The summed E-state index contributed by atoms with van der Waals surface area (Å²) in [5, 5.41) is 32.5. The number of Topliss-reactive ketones (excluding diaryl/α,β-unsaturated/α-hetero) is 1. The number of hydrogen-bond acceptors (Lipinski definition) is 7. The molecule has 0 spiro atoms. The van der Waals surface area contributed by atoms with Crippen molar-refractivity contribution in [3.63, 3.8) is 0 Å². The summed E-state index contributed by atoms with van der Waals surface area (Å²) in [5.41, 5.74) is 3.21. The molecule has 2 atom stereocenters. The second-order valence-corrected chi connectivity index (χ2v) is 8.63. The number of nitrogens with zero attached hydrogens (tertiary/aromatic N) is 2. The third-order valence-corrected chi connectivity index (χ3v) is 6.00. The molecule has 2 aromatic carbocycles. The van der Waals surface area contributed by atoms with Gasteiger partial charge in [-0.2, -0.15) is 0 Å². The molecule has 0 bridgehead atoms. The van der Waals surface area contributed by atoms with Crippen molar-refractivity contribution in [1.82, 2.24) is 14.5 Å². The number of aliphatic carboxylic acids is 2. The lowest BCUT2D eigenvalue weighted by Gasteiger charge is -2.26. The fraction of sp³-hybridized carbons (Fsp3) is 0.308. The molecule has 11 nitrogen and oxygen atoms in total. The first-order valence-corrected chi connectivity index (χ1v) is 11.8. The number of aliphatic hydroxyl groups excluding tert-OH is 2. The van der Waals surface area contributed by atoms with Crippen LogP contribution in [0.3, 0.4) is 0 Å². The number of carbonyl (C=O) groups excluding carboxylic acids is 1. The number of fused-ring (bicyclic) bond motifs is 1. The Morgan fingerprint density at radius 3 is 2.18 bits per heavy atom. The van der Waals surface area contributed by atoms with Gasteiger partial charge < -0.3 is 25.4 Å². The molecule has 2 heterocycles. The van der Waals surface area contributed by atoms with Crippen LogP contribution in [0.2, 0.25) is 0 Å². The Labute approximate surface area is 216 Å². The molecule has 1 aliphatic heterocycles. The van der Waals surface area contributed by atoms with E-state index >= 15 is 0 Å². The lowest BCUT2D eigenvalue weighted by Crippen LogP contribution is -2.39. The number of H-pyrrole nitrogens is 1. The van der Waals surface area contributed by atoms with Crippen molar-refractivity contribution in [2.45, 2.75) is 31.5 Å². The van der Waals surface area contributed by atoms with Gasteiger partial charge in [-0.1, -0.05) is 18.2 Å². The number of halogens is 1. The third-order valence-electron chi connectivity index (χ3n) is 6.00. The first kappa shape index (κ1) is 28.4. The van der Waals surface area contributed by atoms with E-state index in [1.165, 1.54) is 24.3 Å². The van der Waals surface area contributed by atoms with Gasteiger partial charge in [0.05, 0.1) is 11.0 Å². The summed E-state index contributed by atoms with van der Waals surface area (Å²) in [6.07, 6.45) is -0.455. The fourth-order valence-electron chi connectivity index (χ4n) is 3.96. The fourth-order valence-corrected chi connectivity index (χ4v) is 3.96. The van der Waals surface area contributed by atoms with E-state index in [0.717, 1.165) is 49.2 Å². The van der Waals surface area contributed by atoms with Gasteiger partial charge in [0.25, 0.3) is 0 Å². The minimum Gasteiger partial charge on any atom is -0.479 e. The molecule has 0 saturated heterocycles. The molecule has 0 radical (unpaired) electrons. The van der Waals surface area contributed by atoms with E-state index in [-0.39, 0.29) is 17.3 Å². The topological polar surface area (TPSA) is 173 Å². The number of nitrogens with one attached hydrogen (secondary N) is 1. The zero-order valence-corrected chi connectivity index (χ0v) is 20.3. The highest BCUT2D eigenvalue weighted by atomic mass is 19.1. The van der Waals surface area contributed by atoms with E-state index in [0.29, 0.717) is 12.0 Å². The summed E-state index contributed by atoms with van der Waals surface area (Å²) in [6, 6.07) is 13.4. The number of carboxylic acids is 2. The minimum atomic E-state index is -2.27. The Kier molecular flexibility index (Phi) is 9.66. The quantitative estimate of drug-likeness (QED) is 0.258. The van der Waals surface area contributed by atoms with Gasteiger partial charge in [0.1, 0.15) is 5.82 Å². The van der Waals surface area contributed by atoms with Crippen LogP contribution in [-0.2, 0) is 9.59 Å². The van der Waals surface area contributed by atoms with E-state index in [2.05, 4.69) is 16.0 Å². The number of hydrogen-bond donors (Lipinski definition) is 5. The molecular weight excluding hydrogens is 501 g/mol. The van der Waals surface area contributed by atoms with Gasteiger partial charge >= 0.3 is 17.6 Å². The third kappa shape index (κ3) is 7.22. The van der Waals surface area contributed by atoms with E-state index in [4.69, 9.17) is 20.4 Å². The number of benzene rings is 2. The number of carboxylic acid groups (broad SMARTS) is 2. The molecular formula is C26H28FN3O8. The molecule has 38 heavy (non-hydrogen) atoms. The van der Waals surface area contributed by atoms with Gasteiger partial charge in [-0.15, -0.1) is 0 Å². The molecule has 1 aromatic heterocycles. The maximum Gasteiger partial charge on any atom is 0.335 e. The number of rotatable bonds is 9. The summed E-state index contributed by atoms with van der Waals surface area (Å²) in [6.45, 7) is 2.42. The SMILES string of the molecule is O=C(CCCN1CC=C(n2c(=O)[nH]c3ccccc32)CC1)c1ccc(F)cc1.O=C(O)C(O)C(O)C(=O)O. The predicted octanol–water partition coefficient (Wildman–Crippen LogP) is 1.56. The number of aromatic amines is 1. The molecule has 4 rings (SSSR count). The highest BCUT2D eigenvalue weighted by Crippen LogP contribution is 2.20. The van der Waals surface area contributed by atoms with Gasteiger partial charge in [0, 0.05) is 37.2 Å². The van der Waals surface area contributed by atoms with Crippen molar-refractivity contribution in [2.24, 2.45) is 0 Å². The van der Waals surface area contributed by atoms with Crippen molar-refractivity contribution in [3.8, 4) is 0 Å². The number of ketones is 1. The van der Waals surface area contributed by atoms with Crippen LogP contribution in [0.4, 0.5) is 4.39 Å². The van der Waals surface area contributed by atoms with E-state index < -0.39 is 24.1 Å². The van der Waals surface area contributed by atoms with Crippen LogP contribution < -0.4 is 5.69 Å². The number of aliphatic hydroxyl groups is 2. The summed E-state index contributed by atoms with van der Waals surface area (Å²) in [5.74, 6) is -3.83. The molecule has 0 saturated carbocycles. The molecule has 1 aliphatic rings. The van der Waals surface area contributed by atoms with Gasteiger partial charge in [-0.3, -0.25) is 14.3 Å². The van der Waals surface area contributed by atoms with Crippen LogP contribution in [0.15, 0.2) is 59.4 Å².